The van der Waals surface area contributed by atoms with Crippen LogP contribution in [-0.4, -0.2) is 86.8 Å². The molecule has 8 nitrogen and oxygen atoms in total. The van der Waals surface area contributed by atoms with Gasteiger partial charge in [0.25, 0.3) is 5.91 Å². The van der Waals surface area contributed by atoms with Crippen LogP contribution in [0.4, 0.5) is 8.78 Å². The van der Waals surface area contributed by atoms with E-state index in [0.29, 0.717) is 43.6 Å². The van der Waals surface area contributed by atoms with Gasteiger partial charge in [0.2, 0.25) is 5.43 Å². The van der Waals surface area contributed by atoms with Crippen molar-refractivity contribution in [1.82, 2.24) is 19.7 Å². The van der Waals surface area contributed by atoms with Crippen LogP contribution in [0.1, 0.15) is 5.69 Å². The molecule has 1 aromatic heterocycles. The zero-order valence-corrected chi connectivity index (χ0v) is 21.2. The Hall–Kier alpha value is -2.64. The summed E-state index contributed by atoms with van der Waals surface area (Å²) in [5.41, 5.74) is 0.0678. The van der Waals surface area contributed by atoms with Crippen LogP contribution < -0.4 is 5.43 Å². The number of H-pyrrole nitrogens is 1. The molecule has 13 heteroatoms. The number of aromatic nitrogens is 1. The lowest BCUT2D eigenvalue weighted by Gasteiger charge is -2.34. The number of amides is 1. The summed E-state index contributed by atoms with van der Waals surface area (Å²) in [5.74, 6) is -3.26. The van der Waals surface area contributed by atoms with E-state index in [9.17, 15) is 23.2 Å². The lowest BCUT2D eigenvalue weighted by molar-refractivity contribution is -0.138. The highest BCUT2D eigenvalue weighted by atomic mass is 35.5. The summed E-state index contributed by atoms with van der Waals surface area (Å²) in [7, 11) is 0. The maximum Gasteiger partial charge on any atom is 0.317 e. The van der Waals surface area contributed by atoms with E-state index in [1.54, 1.807) is 0 Å². The van der Waals surface area contributed by atoms with Crippen molar-refractivity contribution in [2.24, 2.45) is 0 Å². The fraction of sp³-hybridized carbons (Fsp3) is 0.304. The number of carbonyl (C=O) groups excluding carboxylic acids is 1. The number of aliphatic carboxylic acids is 1. The number of carboxylic acids is 1. The number of pyridine rings is 1. The van der Waals surface area contributed by atoms with Gasteiger partial charge in [0.1, 0.15) is 9.34 Å². The first-order valence-corrected chi connectivity index (χ1v) is 12.5. The molecule has 2 N–H and O–H groups in total. The molecule has 36 heavy (non-hydrogen) atoms. The summed E-state index contributed by atoms with van der Waals surface area (Å²) >= 11 is 12.6. The Morgan fingerprint density at radius 1 is 1.11 bits per heavy atom. The van der Waals surface area contributed by atoms with Crippen molar-refractivity contribution in [3.05, 3.63) is 61.7 Å². The summed E-state index contributed by atoms with van der Waals surface area (Å²) in [6, 6.07) is 4.41. The van der Waals surface area contributed by atoms with Crippen LogP contribution in [0.15, 0.2) is 34.0 Å². The predicted octanol–water partition coefficient (Wildman–Crippen LogP) is 2.88. The number of piperazine rings is 1. The molecule has 2 saturated heterocycles. The minimum absolute atomic E-state index is 0.00921. The van der Waals surface area contributed by atoms with E-state index >= 15 is 0 Å². The second kappa shape index (κ2) is 11.2. The first kappa shape index (κ1) is 26.4. The Bertz CT molecular complexity index is 1310. The molecular formula is C23H21ClF2N4O4S2. The van der Waals surface area contributed by atoms with E-state index in [2.05, 4.69) is 9.88 Å². The first-order valence-electron chi connectivity index (χ1n) is 10.9. The van der Waals surface area contributed by atoms with Crippen LogP contribution >= 0.6 is 35.6 Å². The van der Waals surface area contributed by atoms with Crippen molar-refractivity contribution in [2.45, 2.75) is 0 Å². The number of nitrogens with zero attached hydrogens (tertiary/aromatic N) is 3. The number of hydrogen-bond donors (Lipinski definition) is 2. The molecule has 2 fully saturated rings. The van der Waals surface area contributed by atoms with Crippen molar-refractivity contribution in [3.8, 4) is 11.3 Å². The summed E-state index contributed by atoms with van der Waals surface area (Å²) in [4.78, 5) is 45.0. The molecular weight excluding hydrogens is 534 g/mol. The molecule has 2 aromatic rings. The second-order valence-electron chi connectivity index (χ2n) is 8.25. The number of nitrogens with one attached hydrogen (secondary N) is 1. The van der Waals surface area contributed by atoms with Gasteiger partial charge in [0.15, 0.2) is 11.6 Å². The number of carbonyl (C=O) groups is 2. The minimum atomic E-state index is -1.06. The Morgan fingerprint density at radius 2 is 1.81 bits per heavy atom. The number of benzene rings is 1. The summed E-state index contributed by atoms with van der Waals surface area (Å²) in [6.07, 6.45) is 1.43. The molecule has 0 radical (unpaired) electrons. The van der Waals surface area contributed by atoms with Crippen LogP contribution in [0.5, 0.6) is 0 Å². The Morgan fingerprint density at radius 3 is 2.47 bits per heavy atom. The molecule has 0 aliphatic carbocycles. The molecule has 1 aromatic carbocycles. The zero-order chi connectivity index (χ0) is 26.0. The number of aromatic amines is 1. The van der Waals surface area contributed by atoms with E-state index in [0.717, 1.165) is 23.9 Å². The van der Waals surface area contributed by atoms with Crippen LogP contribution in [-0.2, 0) is 9.59 Å². The summed E-state index contributed by atoms with van der Waals surface area (Å²) in [6.45, 7) is 3.58. The number of hydrogen-bond acceptors (Lipinski definition) is 7. The molecule has 0 saturated carbocycles. The zero-order valence-electron chi connectivity index (χ0n) is 18.8. The Balaban J connectivity index is 1.46. The van der Waals surface area contributed by atoms with E-state index in [-0.39, 0.29) is 39.3 Å². The molecule has 4 rings (SSSR count). The summed E-state index contributed by atoms with van der Waals surface area (Å²) < 4.78 is 27.4. The Kier molecular flexibility index (Phi) is 8.20. The van der Waals surface area contributed by atoms with E-state index in [1.807, 2.05) is 4.90 Å². The maximum absolute atomic E-state index is 13.7. The van der Waals surface area contributed by atoms with Gasteiger partial charge < -0.3 is 10.1 Å². The topological polar surface area (TPSA) is 96.9 Å². The molecule has 1 amide bonds. The van der Waals surface area contributed by atoms with Gasteiger partial charge in [0.05, 0.1) is 17.1 Å². The average Bonchev–Trinajstić information content (AvgIpc) is 3.09. The fourth-order valence-corrected chi connectivity index (χ4v) is 5.36. The van der Waals surface area contributed by atoms with Gasteiger partial charge in [-0.2, -0.15) is 0 Å². The smallest absolute Gasteiger partial charge is 0.317 e. The van der Waals surface area contributed by atoms with Gasteiger partial charge in [0, 0.05) is 56.6 Å². The average molecular weight is 555 g/mol. The highest BCUT2D eigenvalue weighted by Crippen LogP contribution is 2.33. The maximum atomic E-state index is 13.7. The normalized spacial score (nSPS) is 18.4. The van der Waals surface area contributed by atoms with E-state index in [1.165, 1.54) is 23.1 Å². The third-order valence-electron chi connectivity index (χ3n) is 5.84. The summed E-state index contributed by atoms with van der Waals surface area (Å²) in [5, 5.41) is 8.77. The van der Waals surface area contributed by atoms with Crippen molar-refractivity contribution in [3.63, 3.8) is 0 Å². The largest absolute Gasteiger partial charge is 0.480 e. The monoisotopic (exact) mass is 554 g/mol. The standard InChI is InChI=1S/C23H21ClF2N4O4S2/c24-21-17(27-16(10-18(21)31)13-1-2-14(25)15(26)9-13)11-19-22(34)30(23(35)36-19)8-7-28-3-5-29(6-4-28)12-20(32)33/h1-2,9-11H,3-8,12H2,(H,27,31)(H,32,33). The van der Waals surface area contributed by atoms with Crippen LogP contribution in [0.3, 0.4) is 0 Å². The second-order valence-corrected chi connectivity index (χ2v) is 10.3. The molecule has 2 aliphatic heterocycles. The molecule has 0 unspecified atom stereocenters. The Labute approximate surface area is 219 Å². The van der Waals surface area contributed by atoms with E-state index < -0.39 is 23.0 Å². The number of carboxylic acid groups (broad SMARTS) is 1. The fourth-order valence-electron chi connectivity index (χ4n) is 3.91. The van der Waals surface area contributed by atoms with Gasteiger partial charge >= 0.3 is 5.97 Å². The molecule has 0 spiro atoms. The SMILES string of the molecule is O=C(O)CN1CCN(CCN2C(=O)C(=Cc3[nH]c(-c4ccc(F)c(F)c4)cc(=O)c3Cl)SC2=S)CC1. The highest BCUT2D eigenvalue weighted by molar-refractivity contribution is 8.26. The van der Waals surface area contributed by atoms with Gasteiger partial charge in [-0.25, -0.2) is 8.78 Å². The molecule has 0 atom stereocenters. The molecule has 190 valence electrons. The van der Waals surface area contributed by atoms with Gasteiger partial charge in [-0.1, -0.05) is 35.6 Å². The van der Waals surface area contributed by atoms with Crippen molar-refractivity contribution in [1.29, 1.82) is 0 Å². The third kappa shape index (κ3) is 6.01. The number of halogens is 3. The predicted molar refractivity (Wildman–Crippen MR) is 138 cm³/mol. The van der Waals surface area contributed by atoms with Crippen LogP contribution in [0.25, 0.3) is 17.3 Å². The van der Waals surface area contributed by atoms with Gasteiger partial charge in [-0.15, -0.1) is 0 Å². The van der Waals surface area contributed by atoms with Crippen molar-refractivity contribution in [2.75, 3.05) is 45.8 Å². The molecule has 0 bridgehead atoms. The number of thioether (sulfide) groups is 1. The van der Waals surface area contributed by atoms with E-state index in [4.69, 9.17) is 28.9 Å². The van der Waals surface area contributed by atoms with Crippen molar-refractivity contribution >= 4 is 57.9 Å². The van der Waals surface area contributed by atoms with Gasteiger partial charge in [-0.3, -0.25) is 29.1 Å². The third-order valence-corrected chi connectivity index (χ3v) is 7.61. The molecule has 3 heterocycles. The minimum Gasteiger partial charge on any atom is -0.480 e. The van der Waals surface area contributed by atoms with Crippen molar-refractivity contribution < 1.29 is 23.5 Å². The number of rotatable bonds is 7. The molecule has 2 aliphatic rings. The quantitative estimate of drug-likeness (QED) is 0.398. The lowest BCUT2D eigenvalue weighted by Crippen LogP contribution is -2.49. The van der Waals surface area contributed by atoms with Crippen LogP contribution in [0, 0.1) is 11.6 Å². The highest BCUT2D eigenvalue weighted by Gasteiger charge is 2.32. The first-order chi connectivity index (χ1) is 17.1. The lowest BCUT2D eigenvalue weighted by atomic mass is 10.1. The number of thiocarbonyl (C=S) groups is 1. The van der Waals surface area contributed by atoms with Crippen LogP contribution in [0.2, 0.25) is 5.02 Å². The van der Waals surface area contributed by atoms with Gasteiger partial charge in [-0.05, 0) is 24.3 Å².